The number of aromatic amines is 1. The number of halogens is 3. The van der Waals surface area contributed by atoms with E-state index in [1.165, 1.54) is 12.4 Å². The van der Waals surface area contributed by atoms with Crippen LogP contribution < -0.4 is 10.1 Å². The van der Waals surface area contributed by atoms with Crippen LogP contribution in [-0.2, 0) is 6.18 Å². The average Bonchev–Trinajstić information content (AvgIpc) is 3.21. The molecule has 3 heterocycles. The molecular weight excluding hydrogens is 421 g/mol. The van der Waals surface area contributed by atoms with Crippen molar-refractivity contribution < 1.29 is 17.9 Å². The van der Waals surface area contributed by atoms with Crippen LogP contribution in [0.1, 0.15) is 29.7 Å². The lowest BCUT2D eigenvalue weighted by atomic mass is 10.1. The monoisotopic (exact) mass is 438 g/mol. The van der Waals surface area contributed by atoms with Crippen molar-refractivity contribution in [2.75, 3.05) is 12.4 Å². The number of pyridine rings is 1. The quantitative estimate of drug-likeness (QED) is 0.450. The zero-order valence-electron chi connectivity index (χ0n) is 17.0. The van der Waals surface area contributed by atoms with Crippen LogP contribution in [0.2, 0.25) is 0 Å². The molecule has 10 heteroatoms. The molecule has 4 rings (SSSR count). The smallest absolute Gasteiger partial charge is 0.417 e. The molecule has 32 heavy (non-hydrogen) atoms. The van der Waals surface area contributed by atoms with Crippen molar-refractivity contribution in [3.8, 4) is 23.1 Å². The molecule has 0 fully saturated rings. The number of nitriles is 1. The van der Waals surface area contributed by atoms with Gasteiger partial charge in [-0.05, 0) is 30.7 Å². The van der Waals surface area contributed by atoms with Gasteiger partial charge in [-0.2, -0.15) is 18.4 Å². The Bertz CT molecular complexity index is 1310. The average molecular weight is 438 g/mol. The van der Waals surface area contributed by atoms with Crippen molar-refractivity contribution in [3.63, 3.8) is 0 Å². The Morgan fingerprint density at radius 2 is 1.91 bits per heavy atom. The second-order valence-corrected chi connectivity index (χ2v) is 7.03. The van der Waals surface area contributed by atoms with Crippen molar-refractivity contribution in [1.82, 2.24) is 19.9 Å². The molecule has 162 valence electrons. The van der Waals surface area contributed by atoms with E-state index >= 15 is 0 Å². The Labute approximate surface area is 180 Å². The van der Waals surface area contributed by atoms with Gasteiger partial charge in [-0.3, -0.25) is 0 Å². The SMILES string of the molecule is COc1ccc(C(C)Nc2ncc(C#N)c(-c3c[nH]c4ncc(C(F)(F)F)cc34)n2)cc1. The van der Waals surface area contributed by atoms with Gasteiger partial charge in [0.15, 0.2) is 0 Å². The highest BCUT2D eigenvalue weighted by Gasteiger charge is 2.31. The van der Waals surface area contributed by atoms with E-state index in [2.05, 4.69) is 25.3 Å². The third kappa shape index (κ3) is 4.05. The first kappa shape index (κ1) is 21.1. The highest BCUT2D eigenvalue weighted by atomic mass is 19.4. The van der Waals surface area contributed by atoms with Gasteiger partial charge >= 0.3 is 6.18 Å². The van der Waals surface area contributed by atoms with Crippen LogP contribution in [0.25, 0.3) is 22.3 Å². The number of methoxy groups -OCH3 is 1. The number of fused-ring (bicyclic) bond motifs is 1. The Hall–Kier alpha value is -4.13. The van der Waals surface area contributed by atoms with E-state index < -0.39 is 11.7 Å². The van der Waals surface area contributed by atoms with E-state index in [9.17, 15) is 18.4 Å². The molecule has 1 atom stereocenters. The van der Waals surface area contributed by atoms with Crippen molar-refractivity contribution in [3.05, 3.63) is 65.6 Å². The molecule has 0 aliphatic rings. The van der Waals surface area contributed by atoms with Gasteiger partial charge in [-0.15, -0.1) is 0 Å². The number of anilines is 1. The lowest BCUT2D eigenvalue weighted by molar-refractivity contribution is -0.137. The van der Waals surface area contributed by atoms with Crippen LogP contribution in [0.15, 0.2) is 48.9 Å². The summed E-state index contributed by atoms with van der Waals surface area (Å²) in [5, 5.41) is 12.9. The van der Waals surface area contributed by atoms with Crippen molar-refractivity contribution in [2.24, 2.45) is 0 Å². The number of H-pyrrole nitrogens is 1. The predicted molar refractivity (Wildman–Crippen MR) is 112 cm³/mol. The van der Waals surface area contributed by atoms with E-state index in [0.29, 0.717) is 5.56 Å². The van der Waals surface area contributed by atoms with Crippen LogP contribution in [-0.4, -0.2) is 27.0 Å². The van der Waals surface area contributed by atoms with Gasteiger partial charge in [0.1, 0.15) is 17.5 Å². The van der Waals surface area contributed by atoms with E-state index in [4.69, 9.17) is 4.74 Å². The van der Waals surface area contributed by atoms with Crippen molar-refractivity contribution in [2.45, 2.75) is 19.1 Å². The molecule has 2 N–H and O–H groups in total. The molecule has 0 radical (unpaired) electrons. The van der Waals surface area contributed by atoms with E-state index in [0.717, 1.165) is 23.6 Å². The first-order valence-corrected chi connectivity index (χ1v) is 9.52. The number of nitrogens with zero attached hydrogens (tertiary/aromatic N) is 4. The Kier molecular flexibility index (Phi) is 5.40. The van der Waals surface area contributed by atoms with Gasteiger partial charge in [0.05, 0.1) is 36.2 Å². The summed E-state index contributed by atoms with van der Waals surface area (Å²) in [4.78, 5) is 15.3. The molecule has 0 aliphatic carbocycles. The standard InChI is InChI=1S/C22H17F3N6O/c1-12(13-3-5-16(32-2)6-4-13)30-21-29-9-14(8-26)19(31-21)18-11-28-20-17(18)7-15(10-27-20)22(23,24)25/h3-7,9-12H,1-2H3,(H,27,28)(H,29,30,31). The van der Waals surface area contributed by atoms with Crippen molar-refractivity contribution >= 4 is 17.0 Å². The molecular formula is C22H17F3N6O. The molecule has 1 aromatic carbocycles. The van der Waals surface area contributed by atoms with E-state index in [1.54, 1.807) is 7.11 Å². The van der Waals surface area contributed by atoms with Crippen LogP contribution in [0.3, 0.4) is 0 Å². The Morgan fingerprint density at radius 3 is 2.56 bits per heavy atom. The number of ether oxygens (including phenoxy) is 1. The minimum Gasteiger partial charge on any atom is -0.497 e. The minimum absolute atomic E-state index is 0.131. The third-order valence-electron chi connectivity index (χ3n) is 4.98. The second-order valence-electron chi connectivity index (χ2n) is 7.03. The lowest BCUT2D eigenvalue weighted by Gasteiger charge is -2.15. The van der Waals surface area contributed by atoms with Gasteiger partial charge in [0.2, 0.25) is 5.95 Å². The molecule has 3 aromatic heterocycles. The normalized spacial score (nSPS) is 12.4. The summed E-state index contributed by atoms with van der Waals surface area (Å²) < 4.78 is 44.7. The Morgan fingerprint density at radius 1 is 1.16 bits per heavy atom. The summed E-state index contributed by atoms with van der Waals surface area (Å²) in [7, 11) is 1.58. The molecule has 0 aliphatic heterocycles. The number of benzene rings is 1. The summed E-state index contributed by atoms with van der Waals surface area (Å²) >= 11 is 0. The van der Waals surface area contributed by atoms with Crippen LogP contribution >= 0.6 is 0 Å². The predicted octanol–water partition coefficient (Wildman–Crippen LogP) is 5.09. The van der Waals surface area contributed by atoms with Crippen LogP contribution in [0.4, 0.5) is 19.1 Å². The highest BCUT2D eigenvalue weighted by Crippen LogP contribution is 2.35. The molecule has 0 spiro atoms. The number of aromatic nitrogens is 4. The fourth-order valence-corrected chi connectivity index (χ4v) is 3.26. The van der Waals surface area contributed by atoms with Gasteiger partial charge in [-0.1, -0.05) is 12.1 Å². The van der Waals surface area contributed by atoms with Gasteiger partial charge < -0.3 is 15.0 Å². The summed E-state index contributed by atoms with van der Waals surface area (Å²) in [6, 6.07) is 10.3. The topological polar surface area (TPSA) is 99.5 Å². The molecule has 0 saturated carbocycles. The molecule has 0 bridgehead atoms. The third-order valence-corrected chi connectivity index (χ3v) is 4.98. The molecule has 0 amide bonds. The van der Waals surface area contributed by atoms with Crippen molar-refractivity contribution in [1.29, 1.82) is 5.26 Å². The van der Waals surface area contributed by atoms with E-state index in [-0.39, 0.29) is 34.3 Å². The number of rotatable bonds is 5. The maximum atomic E-state index is 13.2. The van der Waals surface area contributed by atoms with Gasteiger partial charge in [0.25, 0.3) is 0 Å². The zero-order chi connectivity index (χ0) is 22.9. The lowest BCUT2D eigenvalue weighted by Crippen LogP contribution is -2.10. The molecule has 4 aromatic rings. The van der Waals surface area contributed by atoms with Gasteiger partial charge in [0, 0.05) is 23.3 Å². The van der Waals surface area contributed by atoms with E-state index in [1.807, 2.05) is 37.3 Å². The van der Waals surface area contributed by atoms with Crippen LogP contribution in [0.5, 0.6) is 5.75 Å². The number of nitrogens with one attached hydrogen (secondary N) is 2. The Balaban J connectivity index is 1.72. The second kappa shape index (κ2) is 8.19. The number of hydrogen-bond donors (Lipinski definition) is 2. The fourth-order valence-electron chi connectivity index (χ4n) is 3.26. The fraction of sp³-hybridized carbons (Fsp3) is 0.182. The summed E-state index contributed by atoms with van der Waals surface area (Å²) in [5.41, 5.74) is 0.996. The summed E-state index contributed by atoms with van der Waals surface area (Å²) in [6.45, 7) is 1.91. The first-order valence-electron chi connectivity index (χ1n) is 9.52. The largest absolute Gasteiger partial charge is 0.497 e. The van der Waals surface area contributed by atoms with Gasteiger partial charge in [-0.25, -0.2) is 15.0 Å². The van der Waals surface area contributed by atoms with Crippen LogP contribution in [0, 0.1) is 11.3 Å². The number of alkyl halides is 3. The number of hydrogen-bond acceptors (Lipinski definition) is 6. The molecule has 1 unspecified atom stereocenters. The maximum Gasteiger partial charge on any atom is 0.417 e. The first-order chi connectivity index (χ1) is 15.3. The summed E-state index contributed by atoms with van der Waals surface area (Å²) in [5.74, 6) is 0.959. The molecule has 7 nitrogen and oxygen atoms in total. The highest BCUT2D eigenvalue weighted by molar-refractivity contribution is 5.94. The molecule has 0 saturated heterocycles. The zero-order valence-corrected chi connectivity index (χ0v) is 17.0. The minimum atomic E-state index is -4.54. The summed E-state index contributed by atoms with van der Waals surface area (Å²) in [6.07, 6.45) is -0.958. The maximum absolute atomic E-state index is 13.2.